The predicted molar refractivity (Wildman–Crippen MR) is 92.5 cm³/mol. The number of H-pyrrole nitrogens is 1. The van der Waals surface area contributed by atoms with Gasteiger partial charge in [0.2, 0.25) is 5.91 Å². The Morgan fingerprint density at radius 1 is 1.24 bits per heavy atom. The van der Waals surface area contributed by atoms with Crippen molar-refractivity contribution in [3.05, 3.63) is 45.1 Å². The summed E-state index contributed by atoms with van der Waals surface area (Å²) in [5.41, 5.74) is -0.654. The third-order valence-electron chi connectivity index (χ3n) is 3.81. The van der Waals surface area contributed by atoms with Crippen LogP contribution in [0.25, 0.3) is 10.9 Å². The first-order valence-electron chi connectivity index (χ1n) is 8.03. The second-order valence-electron chi connectivity index (χ2n) is 6.27. The number of nitrogens with zero attached hydrogens (tertiary/aromatic N) is 1. The normalized spacial score (nSPS) is 12.3. The van der Waals surface area contributed by atoms with Crippen LogP contribution >= 0.6 is 0 Å². The number of amides is 1. The number of carboxylic acids is 1. The van der Waals surface area contributed by atoms with Gasteiger partial charge in [0, 0.05) is 13.0 Å². The van der Waals surface area contributed by atoms with Crippen molar-refractivity contribution in [3.63, 3.8) is 0 Å². The Bertz CT molecular complexity index is 897. The lowest BCUT2D eigenvalue weighted by Crippen LogP contribution is -2.42. The molecule has 0 aliphatic carbocycles. The Morgan fingerprint density at radius 2 is 1.92 bits per heavy atom. The smallest absolute Gasteiger partial charge is 0.328 e. The van der Waals surface area contributed by atoms with Crippen molar-refractivity contribution >= 4 is 22.8 Å². The van der Waals surface area contributed by atoms with Crippen molar-refractivity contribution in [2.45, 2.75) is 39.3 Å². The van der Waals surface area contributed by atoms with Crippen LogP contribution in [0.3, 0.4) is 0 Å². The van der Waals surface area contributed by atoms with Crippen LogP contribution in [0.4, 0.5) is 0 Å². The number of hydrogen-bond acceptors (Lipinski definition) is 4. The predicted octanol–water partition coefficient (Wildman–Crippen LogP) is 0.695. The summed E-state index contributed by atoms with van der Waals surface area (Å²) in [6.07, 6.45) is 0.250. The van der Waals surface area contributed by atoms with E-state index >= 15 is 0 Å². The van der Waals surface area contributed by atoms with Gasteiger partial charge >= 0.3 is 11.7 Å². The maximum Gasteiger partial charge on any atom is 0.328 e. The maximum absolute atomic E-state index is 12.1. The quantitative estimate of drug-likeness (QED) is 0.680. The van der Waals surface area contributed by atoms with Gasteiger partial charge in [0.15, 0.2) is 0 Å². The van der Waals surface area contributed by atoms with Crippen molar-refractivity contribution in [1.29, 1.82) is 0 Å². The van der Waals surface area contributed by atoms with Crippen LogP contribution in [0.1, 0.15) is 26.7 Å². The van der Waals surface area contributed by atoms with Crippen molar-refractivity contribution < 1.29 is 14.7 Å². The molecule has 8 nitrogen and oxygen atoms in total. The summed E-state index contributed by atoms with van der Waals surface area (Å²) in [7, 11) is 0. The molecular formula is C17H21N3O5. The minimum atomic E-state index is -1.09. The number of nitrogens with one attached hydrogen (secondary N) is 2. The number of aromatic amines is 1. The van der Waals surface area contributed by atoms with E-state index in [4.69, 9.17) is 5.11 Å². The highest BCUT2D eigenvalue weighted by Crippen LogP contribution is 2.08. The molecule has 0 saturated heterocycles. The average molecular weight is 347 g/mol. The minimum Gasteiger partial charge on any atom is -0.480 e. The van der Waals surface area contributed by atoms with E-state index in [0.717, 1.165) is 0 Å². The molecule has 8 heteroatoms. The molecule has 1 heterocycles. The number of aromatic nitrogens is 2. The zero-order valence-corrected chi connectivity index (χ0v) is 14.1. The number of carboxylic acid groups (broad SMARTS) is 1. The minimum absolute atomic E-state index is 0.0377. The fourth-order valence-electron chi connectivity index (χ4n) is 2.64. The molecule has 0 bridgehead atoms. The summed E-state index contributed by atoms with van der Waals surface area (Å²) >= 11 is 0. The lowest BCUT2D eigenvalue weighted by Gasteiger charge is -2.17. The molecule has 134 valence electrons. The summed E-state index contributed by atoms with van der Waals surface area (Å²) < 4.78 is 1.30. The van der Waals surface area contributed by atoms with E-state index in [0.29, 0.717) is 17.3 Å². The second kappa shape index (κ2) is 7.78. The van der Waals surface area contributed by atoms with Gasteiger partial charge in [0.25, 0.3) is 5.56 Å². The van der Waals surface area contributed by atoms with Gasteiger partial charge in [-0.2, -0.15) is 0 Å². The zero-order valence-electron chi connectivity index (χ0n) is 14.1. The van der Waals surface area contributed by atoms with Gasteiger partial charge in [-0.15, -0.1) is 0 Å². The first kappa shape index (κ1) is 18.4. The summed E-state index contributed by atoms with van der Waals surface area (Å²) in [6.45, 7) is 3.78. The van der Waals surface area contributed by atoms with Gasteiger partial charge in [0.05, 0.1) is 10.9 Å². The average Bonchev–Trinajstić information content (AvgIpc) is 2.53. The SMILES string of the molecule is CC(C)C[C@H](NC(=O)CCn1c(=O)[nH]c(=O)c2ccccc21)C(=O)O. The van der Waals surface area contributed by atoms with E-state index < -0.39 is 29.2 Å². The van der Waals surface area contributed by atoms with Gasteiger partial charge in [-0.3, -0.25) is 19.1 Å². The molecule has 2 rings (SSSR count). The molecular weight excluding hydrogens is 326 g/mol. The van der Waals surface area contributed by atoms with Crippen LogP contribution in [0.2, 0.25) is 0 Å². The number of para-hydroxylation sites is 1. The van der Waals surface area contributed by atoms with E-state index in [2.05, 4.69) is 10.3 Å². The number of benzene rings is 1. The second-order valence-corrected chi connectivity index (χ2v) is 6.27. The summed E-state index contributed by atoms with van der Waals surface area (Å²) in [4.78, 5) is 49.3. The number of carbonyl (C=O) groups excluding carboxylic acids is 1. The number of hydrogen-bond donors (Lipinski definition) is 3. The van der Waals surface area contributed by atoms with Crippen LogP contribution in [-0.4, -0.2) is 32.6 Å². The summed E-state index contributed by atoms with van der Waals surface area (Å²) in [5, 5.41) is 12.0. The summed E-state index contributed by atoms with van der Waals surface area (Å²) in [5.74, 6) is -1.43. The number of fused-ring (bicyclic) bond motifs is 1. The number of rotatable bonds is 7. The molecule has 1 atom stereocenters. The third kappa shape index (κ3) is 4.56. The van der Waals surface area contributed by atoms with E-state index in [1.807, 2.05) is 13.8 Å². The van der Waals surface area contributed by atoms with Crippen molar-refractivity contribution in [3.8, 4) is 0 Å². The largest absolute Gasteiger partial charge is 0.480 e. The van der Waals surface area contributed by atoms with Crippen LogP contribution in [0.5, 0.6) is 0 Å². The van der Waals surface area contributed by atoms with Gasteiger partial charge < -0.3 is 10.4 Å². The Kier molecular flexibility index (Phi) is 5.74. The number of aryl methyl sites for hydroxylation is 1. The highest BCUT2D eigenvalue weighted by molar-refractivity contribution is 5.83. The van der Waals surface area contributed by atoms with Gasteiger partial charge in [0.1, 0.15) is 6.04 Å². The Hall–Kier alpha value is -2.90. The van der Waals surface area contributed by atoms with Crippen LogP contribution < -0.4 is 16.6 Å². The van der Waals surface area contributed by atoms with Crippen LogP contribution in [0.15, 0.2) is 33.9 Å². The molecule has 2 aromatic rings. The molecule has 0 radical (unpaired) electrons. The molecule has 3 N–H and O–H groups in total. The number of aliphatic carboxylic acids is 1. The van der Waals surface area contributed by atoms with Gasteiger partial charge in [-0.1, -0.05) is 26.0 Å². The fraction of sp³-hybridized carbons (Fsp3) is 0.412. The summed E-state index contributed by atoms with van der Waals surface area (Å²) in [6, 6.07) is 5.64. The van der Waals surface area contributed by atoms with Crippen molar-refractivity contribution in [1.82, 2.24) is 14.9 Å². The van der Waals surface area contributed by atoms with Crippen LogP contribution in [0, 0.1) is 5.92 Å². The molecule has 1 aromatic carbocycles. The van der Waals surface area contributed by atoms with E-state index in [1.165, 1.54) is 4.57 Å². The molecule has 0 saturated carbocycles. The van der Waals surface area contributed by atoms with Crippen molar-refractivity contribution in [2.24, 2.45) is 5.92 Å². The Balaban J connectivity index is 2.15. The Morgan fingerprint density at radius 3 is 2.56 bits per heavy atom. The molecule has 25 heavy (non-hydrogen) atoms. The molecule has 0 fully saturated rings. The van der Waals surface area contributed by atoms with E-state index in [1.54, 1.807) is 24.3 Å². The van der Waals surface area contributed by atoms with Crippen LogP contribution in [-0.2, 0) is 16.1 Å². The molecule has 1 amide bonds. The first-order valence-corrected chi connectivity index (χ1v) is 8.03. The van der Waals surface area contributed by atoms with E-state index in [-0.39, 0.29) is 18.9 Å². The zero-order chi connectivity index (χ0) is 18.6. The lowest BCUT2D eigenvalue weighted by molar-refractivity contribution is -0.142. The topological polar surface area (TPSA) is 121 Å². The molecule has 0 aliphatic rings. The van der Waals surface area contributed by atoms with E-state index in [9.17, 15) is 19.2 Å². The number of carbonyl (C=O) groups is 2. The van der Waals surface area contributed by atoms with Crippen molar-refractivity contribution in [2.75, 3.05) is 0 Å². The highest BCUT2D eigenvalue weighted by atomic mass is 16.4. The fourth-order valence-corrected chi connectivity index (χ4v) is 2.64. The molecule has 0 unspecified atom stereocenters. The highest BCUT2D eigenvalue weighted by Gasteiger charge is 2.21. The molecule has 0 aliphatic heterocycles. The maximum atomic E-state index is 12.1. The standard InChI is InChI=1S/C17H21N3O5/c1-10(2)9-12(16(23)24)18-14(21)7-8-20-13-6-4-3-5-11(13)15(22)19-17(20)25/h3-6,10,12H,7-9H2,1-2H3,(H,18,21)(H,23,24)(H,19,22,25)/t12-/m0/s1. The lowest BCUT2D eigenvalue weighted by atomic mass is 10.0. The first-order chi connectivity index (χ1) is 11.8. The monoisotopic (exact) mass is 347 g/mol. The van der Waals surface area contributed by atoms with Gasteiger partial charge in [-0.25, -0.2) is 9.59 Å². The molecule has 1 aromatic heterocycles. The third-order valence-corrected chi connectivity index (χ3v) is 3.81. The molecule has 0 spiro atoms. The van der Waals surface area contributed by atoms with Gasteiger partial charge in [-0.05, 0) is 24.5 Å². The Labute approximate surface area is 143 Å².